The molecule has 0 radical (unpaired) electrons. The highest BCUT2D eigenvalue weighted by Gasteiger charge is 2.15. The van der Waals surface area contributed by atoms with Crippen molar-refractivity contribution in [1.82, 2.24) is 19.5 Å². The monoisotopic (exact) mass is 290 g/mol. The number of aromatic nitrogens is 4. The SMILES string of the molecule is O=c1[nH]c(Cc2cnc[nH]2)c(O)n1-c1ccc(Cl)cc1. The predicted molar refractivity (Wildman–Crippen MR) is 74.5 cm³/mol. The van der Waals surface area contributed by atoms with Gasteiger partial charge in [-0.2, -0.15) is 0 Å². The van der Waals surface area contributed by atoms with Crippen LogP contribution in [-0.4, -0.2) is 24.6 Å². The minimum Gasteiger partial charge on any atom is -0.493 e. The number of aromatic amines is 2. The first kappa shape index (κ1) is 12.6. The second-order valence-electron chi connectivity index (χ2n) is 4.30. The molecule has 3 rings (SSSR count). The zero-order valence-electron chi connectivity index (χ0n) is 10.3. The molecule has 0 spiro atoms. The van der Waals surface area contributed by atoms with E-state index < -0.39 is 5.69 Å². The fourth-order valence-electron chi connectivity index (χ4n) is 2.00. The molecule has 3 aromatic rings. The van der Waals surface area contributed by atoms with Gasteiger partial charge >= 0.3 is 5.69 Å². The van der Waals surface area contributed by atoms with E-state index in [0.717, 1.165) is 5.69 Å². The van der Waals surface area contributed by atoms with Crippen LogP contribution in [0.25, 0.3) is 5.69 Å². The molecule has 0 unspecified atom stereocenters. The maximum absolute atomic E-state index is 12.0. The topological polar surface area (TPSA) is 86.7 Å². The number of hydrogen-bond donors (Lipinski definition) is 3. The number of H-pyrrole nitrogens is 2. The fraction of sp³-hybridized carbons (Fsp3) is 0.0769. The van der Waals surface area contributed by atoms with Crippen molar-refractivity contribution in [3.05, 3.63) is 63.7 Å². The molecule has 0 amide bonds. The Kier molecular flexibility index (Phi) is 3.08. The molecule has 0 atom stereocenters. The van der Waals surface area contributed by atoms with Crippen molar-refractivity contribution in [3.8, 4) is 11.6 Å². The normalized spacial score (nSPS) is 10.8. The number of benzene rings is 1. The van der Waals surface area contributed by atoms with Crippen molar-refractivity contribution in [2.45, 2.75) is 6.42 Å². The Bertz CT molecular complexity index is 772. The lowest BCUT2D eigenvalue weighted by atomic mass is 10.2. The van der Waals surface area contributed by atoms with E-state index in [1.165, 1.54) is 4.57 Å². The second kappa shape index (κ2) is 4.90. The minimum absolute atomic E-state index is 0.119. The molecule has 2 aromatic heterocycles. The first-order chi connectivity index (χ1) is 9.65. The third kappa shape index (κ3) is 2.21. The Balaban J connectivity index is 2.02. The van der Waals surface area contributed by atoms with Crippen molar-refractivity contribution in [2.75, 3.05) is 0 Å². The van der Waals surface area contributed by atoms with Crippen molar-refractivity contribution >= 4 is 11.6 Å². The smallest absolute Gasteiger partial charge is 0.333 e. The van der Waals surface area contributed by atoms with E-state index in [4.69, 9.17) is 11.6 Å². The summed E-state index contributed by atoms with van der Waals surface area (Å²) in [4.78, 5) is 21.4. The predicted octanol–water partition coefficient (Wildman–Crippen LogP) is 1.84. The average Bonchev–Trinajstić information content (AvgIpc) is 3.02. The Labute approximate surface area is 118 Å². The minimum atomic E-state index is -0.403. The van der Waals surface area contributed by atoms with Crippen molar-refractivity contribution < 1.29 is 5.11 Å². The summed E-state index contributed by atoms with van der Waals surface area (Å²) in [6, 6.07) is 6.64. The zero-order valence-corrected chi connectivity index (χ0v) is 11.1. The van der Waals surface area contributed by atoms with Gasteiger partial charge in [-0.3, -0.25) is 0 Å². The molecular weight excluding hydrogens is 280 g/mol. The Hall–Kier alpha value is -2.47. The molecule has 3 N–H and O–H groups in total. The largest absolute Gasteiger partial charge is 0.493 e. The molecule has 20 heavy (non-hydrogen) atoms. The molecule has 0 bridgehead atoms. The molecule has 6 nitrogen and oxygen atoms in total. The van der Waals surface area contributed by atoms with Gasteiger partial charge in [0.1, 0.15) is 0 Å². The van der Waals surface area contributed by atoms with Crippen molar-refractivity contribution in [2.24, 2.45) is 0 Å². The van der Waals surface area contributed by atoms with Crippen LogP contribution in [0.3, 0.4) is 0 Å². The Morgan fingerprint density at radius 3 is 2.70 bits per heavy atom. The van der Waals surface area contributed by atoms with E-state index in [2.05, 4.69) is 15.0 Å². The van der Waals surface area contributed by atoms with E-state index in [1.807, 2.05) is 0 Å². The molecule has 1 aromatic carbocycles. The van der Waals surface area contributed by atoms with Gasteiger partial charge in [-0.1, -0.05) is 11.6 Å². The van der Waals surface area contributed by atoms with Gasteiger partial charge in [0.15, 0.2) is 0 Å². The number of nitrogens with zero attached hydrogens (tertiary/aromatic N) is 2. The molecule has 0 fully saturated rings. The van der Waals surface area contributed by atoms with E-state index >= 15 is 0 Å². The van der Waals surface area contributed by atoms with E-state index in [0.29, 0.717) is 22.8 Å². The summed E-state index contributed by atoms with van der Waals surface area (Å²) in [5.41, 5.74) is 1.36. The highest BCUT2D eigenvalue weighted by atomic mass is 35.5. The highest BCUT2D eigenvalue weighted by Crippen LogP contribution is 2.21. The summed E-state index contributed by atoms with van der Waals surface area (Å²) in [5.74, 6) is -0.119. The number of hydrogen-bond acceptors (Lipinski definition) is 3. The van der Waals surface area contributed by atoms with Crippen LogP contribution in [-0.2, 0) is 6.42 Å². The molecule has 0 aliphatic heterocycles. The number of rotatable bonds is 3. The highest BCUT2D eigenvalue weighted by molar-refractivity contribution is 6.30. The molecule has 7 heteroatoms. The first-order valence-corrected chi connectivity index (χ1v) is 6.29. The van der Waals surface area contributed by atoms with Gasteiger partial charge in [0, 0.05) is 23.3 Å². The Morgan fingerprint density at radius 1 is 1.30 bits per heavy atom. The maximum Gasteiger partial charge on any atom is 0.333 e. The quantitative estimate of drug-likeness (QED) is 0.688. The van der Waals surface area contributed by atoms with Crippen molar-refractivity contribution in [3.63, 3.8) is 0 Å². The van der Waals surface area contributed by atoms with Crippen LogP contribution in [0.4, 0.5) is 0 Å². The number of halogens is 1. The van der Waals surface area contributed by atoms with E-state index in [1.54, 1.807) is 36.8 Å². The van der Waals surface area contributed by atoms with E-state index in [9.17, 15) is 9.90 Å². The fourth-order valence-corrected chi connectivity index (χ4v) is 2.12. The van der Waals surface area contributed by atoms with Crippen LogP contribution in [0, 0.1) is 0 Å². The van der Waals surface area contributed by atoms with Crippen LogP contribution >= 0.6 is 11.6 Å². The molecule has 0 aliphatic carbocycles. The van der Waals surface area contributed by atoms with Gasteiger partial charge in [0.25, 0.3) is 0 Å². The van der Waals surface area contributed by atoms with E-state index in [-0.39, 0.29) is 5.88 Å². The second-order valence-corrected chi connectivity index (χ2v) is 4.73. The maximum atomic E-state index is 12.0. The van der Waals surface area contributed by atoms with Crippen LogP contribution in [0.1, 0.15) is 11.4 Å². The van der Waals surface area contributed by atoms with Crippen LogP contribution in [0.15, 0.2) is 41.6 Å². The summed E-state index contributed by atoms with van der Waals surface area (Å²) < 4.78 is 1.20. The van der Waals surface area contributed by atoms with Crippen LogP contribution < -0.4 is 5.69 Å². The molecule has 0 saturated carbocycles. The third-order valence-electron chi connectivity index (χ3n) is 2.95. The summed E-state index contributed by atoms with van der Waals surface area (Å²) in [5, 5.41) is 10.8. The van der Waals surface area contributed by atoms with Gasteiger partial charge in [-0.15, -0.1) is 0 Å². The lowest BCUT2D eigenvalue weighted by Crippen LogP contribution is -2.14. The molecule has 0 aliphatic rings. The van der Waals surface area contributed by atoms with Crippen molar-refractivity contribution in [1.29, 1.82) is 0 Å². The van der Waals surface area contributed by atoms with Gasteiger partial charge in [-0.05, 0) is 24.3 Å². The lowest BCUT2D eigenvalue weighted by molar-refractivity contribution is 0.435. The van der Waals surface area contributed by atoms with Crippen LogP contribution in [0.2, 0.25) is 5.02 Å². The number of imidazole rings is 2. The summed E-state index contributed by atoms with van der Waals surface area (Å²) in [6.07, 6.45) is 3.54. The summed E-state index contributed by atoms with van der Waals surface area (Å²) >= 11 is 5.81. The first-order valence-electron chi connectivity index (χ1n) is 5.91. The number of aromatic hydroxyl groups is 1. The lowest BCUT2D eigenvalue weighted by Gasteiger charge is -2.03. The van der Waals surface area contributed by atoms with Gasteiger partial charge in [0.2, 0.25) is 5.88 Å². The number of nitrogens with one attached hydrogen (secondary N) is 2. The summed E-state index contributed by atoms with van der Waals surface area (Å²) in [7, 11) is 0. The molecular formula is C13H11ClN4O2. The molecule has 2 heterocycles. The van der Waals surface area contributed by atoms with Crippen LogP contribution in [0.5, 0.6) is 5.88 Å². The standard InChI is InChI=1S/C13H11ClN4O2/c14-8-1-3-10(4-2-8)18-12(19)11(17-13(18)20)5-9-6-15-7-16-9/h1-4,6-7,19H,5H2,(H,15,16)(H,17,20). The Morgan fingerprint density at radius 2 is 2.05 bits per heavy atom. The molecule has 102 valence electrons. The van der Waals surface area contributed by atoms with Gasteiger partial charge < -0.3 is 15.1 Å². The summed E-state index contributed by atoms with van der Waals surface area (Å²) in [6.45, 7) is 0. The average molecular weight is 291 g/mol. The third-order valence-corrected chi connectivity index (χ3v) is 3.20. The van der Waals surface area contributed by atoms with Gasteiger partial charge in [-0.25, -0.2) is 14.3 Å². The zero-order chi connectivity index (χ0) is 14.1. The molecule has 0 saturated heterocycles. The van der Waals surface area contributed by atoms with Gasteiger partial charge in [0.05, 0.1) is 17.7 Å².